The number of imide groups is 1. The molecule has 7 heteroatoms. The summed E-state index contributed by atoms with van der Waals surface area (Å²) in [6, 6.07) is 18.2. The normalized spacial score (nSPS) is 13.5. The summed E-state index contributed by atoms with van der Waals surface area (Å²) in [4.78, 5) is 28.2. The zero-order chi connectivity index (χ0) is 23.5. The summed E-state index contributed by atoms with van der Waals surface area (Å²) in [6.07, 6.45) is 0. The summed E-state index contributed by atoms with van der Waals surface area (Å²) in [5.41, 5.74) is 2.96. The van der Waals surface area contributed by atoms with E-state index < -0.39 is 11.8 Å². The predicted molar refractivity (Wildman–Crippen MR) is 123 cm³/mol. The van der Waals surface area contributed by atoms with Crippen molar-refractivity contribution in [3.8, 4) is 11.5 Å². The summed E-state index contributed by atoms with van der Waals surface area (Å²) < 4.78 is 24.2. The van der Waals surface area contributed by atoms with Gasteiger partial charge < -0.3 is 14.8 Å². The number of ether oxygens (including phenoxy) is 2. The SMILES string of the molecule is COc1ccc(C)cc1NC1=C(c2ccccc2OC)C(=O)N(Cc2ccc(F)cc2)C1=O. The number of amides is 2. The number of carbonyl (C=O) groups excluding carboxylic acids is 2. The van der Waals surface area contributed by atoms with Gasteiger partial charge in [-0.05, 0) is 48.4 Å². The van der Waals surface area contributed by atoms with Crippen LogP contribution in [0, 0.1) is 12.7 Å². The first-order chi connectivity index (χ1) is 15.9. The summed E-state index contributed by atoms with van der Waals surface area (Å²) in [6.45, 7) is 1.93. The molecule has 0 atom stereocenters. The minimum Gasteiger partial charge on any atom is -0.496 e. The fourth-order valence-electron chi connectivity index (χ4n) is 3.76. The number of para-hydroxylation sites is 1. The number of aryl methyl sites for hydroxylation is 1. The molecule has 0 fully saturated rings. The van der Waals surface area contributed by atoms with Crippen LogP contribution in [0.25, 0.3) is 5.57 Å². The number of hydrogen-bond acceptors (Lipinski definition) is 5. The Balaban J connectivity index is 1.81. The Morgan fingerprint density at radius 3 is 2.27 bits per heavy atom. The number of anilines is 1. The van der Waals surface area contributed by atoms with Gasteiger partial charge in [0.25, 0.3) is 11.8 Å². The molecular formula is C26H23FN2O4. The molecule has 2 amide bonds. The van der Waals surface area contributed by atoms with Crippen LogP contribution in [0.2, 0.25) is 0 Å². The maximum Gasteiger partial charge on any atom is 0.278 e. The van der Waals surface area contributed by atoms with E-state index in [1.807, 2.05) is 19.1 Å². The lowest BCUT2D eigenvalue weighted by Gasteiger charge is -2.16. The Kier molecular flexibility index (Phi) is 6.13. The molecule has 4 rings (SSSR count). The third-order valence-corrected chi connectivity index (χ3v) is 5.41. The molecule has 1 aliphatic rings. The lowest BCUT2D eigenvalue weighted by atomic mass is 10.0. The molecule has 1 heterocycles. The maximum atomic E-state index is 13.5. The number of nitrogens with zero attached hydrogens (tertiary/aromatic N) is 1. The van der Waals surface area contributed by atoms with Crippen molar-refractivity contribution in [2.75, 3.05) is 19.5 Å². The molecule has 1 N–H and O–H groups in total. The first-order valence-electron chi connectivity index (χ1n) is 10.3. The molecule has 33 heavy (non-hydrogen) atoms. The van der Waals surface area contributed by atoms with Gasteiger partial charge >= 0.3 is 0 Å². The van der Waals surface area contributed by atoms with E-state index in [1.54, 1.807) is 42.5 Å². The second kappa shape index (κ2) is 9.16. The molecule has 0 aliphatic carbocycles. The van der Waals surface area contributed by atoms with Crippen molar-refractivity contribution in [2.45, 2.75) is 13.5 Å². The third-order valence-electron chi connectivity index (χ3n) is 5.41. The minimum atomic E-state index is -0.492. The molecule has 0 bridgehead atoms. The van der Waals surface area contributed by atoms with E-state index >= 15 is 0 Å². The van der Waals surface area contributed by atoms with Gasteiger partial charge in [-0.1, -0.05) is 36.4 Å². The van der Waals surface area contributed by atoms with Gasteiger partial charge in [-0.2, -0.15) is 0 Å². The van der Waals surface area contributed by atoms with E-state index in [0.717, 1.165) is 10.5 Å². The van der Waals surface area contributed by atoms with Crippen molar-refractivity contribution in [3.05, 3.63) is 94.9 Å². The zero-order valence-corrected chi connectivity index (χ0v) is 18.5. The van der Waals surface area contributed by atoms with Gasteiger partial charge in [-0.3, -0.25) is 14.5 Å². The van der Waals surface area contributed by atoms with Gasteiger partial charge in [0.05, 0.1) is 32.0 Å². The van der Waals surface area contributed by atoms with Crippen LogP contribution in [-0.4, -0.2) is 30.9 Å². The highest BCUT2D eigenvalue weighted by atomic mass is 19.1. The molecule has 0 radical (unpaired) electrons. The van der Waals surface area contributed by atoms with Crippen LogP contribution in [-0.2, 0) is 16.1 Å². The summed E-state index contributed by atoms with van der Waals surface area (Å²) >= 11 is 0. The first kappa shape index (κ1) is 22.1. The lowest BCUT2D eigenvalue weighted by molar-refractivity contribution is -0.137. The molecule has 1 aliphatic heterocycles. The number of methoxy groups -OCH3 is 2. The highest BCUT2D eigenvalue weighted by Crippen LogP contribution is 2.37. The number of nitrogens with one attached hydrogen (secondary N) is 1. The third kappa shape index (κ3) is 4.30. The van der Waals surface area contributed by atoms with E-state index in [0.29, 0.717) is 28.3 Å². The average Bonchev–Trinajstić information content (AvgIpc) is 3.04. The first-order valence-corrected chi connectivity index (χ1v) is 10.3. The van der Waals surface area contributed by atoms with Crippen LogP contribution < -0.4 is 14.8 Å². The van der Waals surface area contributed by atoms with E-state index in [4.69, 9.17) is 9.47 Å². The fourth-order valence-corrected chi connectivity index (χ4v) is 3.76. The molecule has 0 saturated carbocycles. The Bertz CT molecular complexity index is 1250. The van der Waals surface area contributed by atoms with Crippen molar-refractivity contribution < 1.29 is 23.5 Å². The van der Waals surface area contributed by atoms with Crippen molar-refractivity contribution in [2.24, 2.45) is 0 Å². The molecule has 0 saturated heterocycles. The quantitative estimate of drug-likeness (QED) is 0.540. The number of halogens is 1. The van der Waals surface area contributed by atoms with E-state index in [-0.39, 0.29) is 23.6 Å². The highest BCUT2D eigenvalue weighted by molar-refractivity contribution is 6.37. The van der Waals surface area contributed by atoms with Crippen molar-refractivity contribution in [3.63, 3.8) is 0 Å². The number of hydrogen-bond donors (Lipinski definition) is 1. The van der Waals surface area contributed by atoms with E-state index in [1.165, 1.54) is 26.4 Å². The number of benzene rings is 3. The van der Waals surface area contributed by atoms with Gasteiger partial charge in [-0.25, -0.2) is 4.39 Å². The van der Waals surface area contributed by atoms with Gasteiger partial charge in [-0.15, -0.1) is 0 Å². The van der Waals surface area contributed by atoms with Crippen LogP contribution >= 0.6 is 0 Å². The lowest BCUT2D eigenvalue weighted by Crippen LogP contribution is -2.32. The molecule has 0 aromatic heterocycles. The highest BCUT2D eigenvalue weighted by Gasteiger charge is 2.40. The van der Waals surface area contributed by atoms with Crippen molar-refractivity contribution in [1.82, 2.24) is 4.90 Å². The molecule has 0 spiro atoms. The molecule has 3 aromatic rings. The second-order valence-corrected chi connectivity index (χ2v) is 7.60. The molecule has 168 valence electrons. The van der Waals surface area contributed by atoms with Crippen LogP contribution in [0.3, 0.4) is 0 Å². The van der Waals surface area contributed by atoms with Gasteiger partial charge in [0, 0.05) is 5.56 Å². The Morgan fingerprint density at radius 1 is 0.879 bits per heavy atom. The van der Waals surface area contributed by atoms with Crippen LogP contribution in [0.4, 0.5) is 10.1 Å². The zero-order valence-electron chi connectivity index (χ0n) is 18.5. The standard InChI is InChI=1S/C26H23FN2O4/c1-16-8-13-22(33-3)20(14-16)28-24-23(19-6-4-5-7-21(19)32-2)25(30)29(26(24)31)15-17-9-11-18(27)12-10-17/h4-14,28H,15H2,1-3H3. The Labute approximate surface area is 191 Å². The second-order valence-electron chi connectivity index (χ2n) is 7.60. The van der Waals surface area contributed by atoms with E-state index in [2.05, 4.69) is 5.32 Å². The number of rotatable bonds is 7. The largest absolute Gasteiger partial charge is 0.496 e. The van der Waals surface area contributed by atoms with Crippen LogP contribution in [0.1, 0.15) is 16.7 Å². The smallest absolute Gasteiger partial charge is 0.278 e. The van der Waals surface area contributed by atoms with Crippen LogP contribution in [0.5, 0.6) is 11.5 Å². The molecule has 3 aromatic carbocycles. The summed E-state index contributed by atoms with van der Waals surface area (Å²) in [7, 11) is 3.04. The Hall–Kier alpha value is -4.13. The maximum absolute atomic E-state index is 13.5. The minimum absolute atomic E-state index is 0.00667. The number of carbonyl (C=O) groups is 2. The molecule has 6 nitrogen and oxygen atoms in total. The average molecular weight is 446 g/mol. The van der Waals surface area contributed by atoms with E-state index in [9.17, 15) is 14.0 Å². The van der Waals surface area contributed by atoms with Gasteiger partial charge in [0.2, 0.25) is 0 Å². The van der Waals surface area contributed by atoms with Crippen LogP contribution in [0.15, 0.2) is 72.4 Å². The van der Waals surface area contributed by atoms with Gasteiger partial charge in [0.1, 0.15) is 23.0 Å². The summed E-state index contributed by atoms with van der Waals surface area (Å²) in [5.74, 6) is -0.353. The predicted octanol–water partition coefficient (Wildman–Crippen LogP) is 4.54. The Morgan fingerprint density at radius 2 is 1.58 bits per heavy atom. The molecular weight excluding hydrogens is 423 g/mol. The fraction of sp³-hybridized carbons (Fsp3) is 0.154. The topological polar surface area (TPSA) is 67.9 Å². The van der Waals surface area contributed by atoms with Crippen molar-refractivity contribution >= 4 is 23.1 Å². The molecule has 0 unspecified atom stereocenters. The summed E-state index contributed by atoms with van der Waals surface area (Å²) in [5, 5.41) is 3.13. The van der Waals surface area contributed by atoms with Crippen molar-refractivity contribution in [1.29, 1.82) is 0 Å². The van der Waals surface area contributed by atoms with Gasteiger partial charge in [0.15, 0.2) is 0 Å². The monoisotopic (exact) mass is 446 g/mol.